The Kier molecular flexibility index (Phi) is 10.6. The molecule has 0 saturated heterocycles. The average Bonchev–Trinajstić information content (AvgIpc) is 3.61. The van der Waals surface area contributed by atoms with Crippen molar-refractivity contribution in [3.05, 3.63) is 119 Å². The molecule has 1 heterocycles. The molecule has 2 N–H and O–H groups in total. The maximum atomic E-state index is 14.2. The number of hydrogen-bond donors (Lipinski definition) is 2. The summed E-state index contributed by atoms with van der Waals surface area (Å²) in [4.78, 5) is 42.2. The minimum absolute atomic E-state index is 0.00741. The summed E-state index contributed by atoms with van der Waals surface area (Å²) in [7, 11) is 0. The molecule has 0 radical (unpaired) electrons. The van der Waals surface area contributed by atoms with Crippen molar-refractivity contribution in [3.8, 4) is 23.0 Å². The summed E-state index contributed by atoms with van der Waals surface area (Å²) in [6, 6.07) is 28.0. The average molecular weight is 675 g/mol. The van der Waals surface area contributed by atoms with Crippen LogP contribution in [0.25, 0.3) is 0 Å². The Labute approximate surface area is 294 Å². The lowest BCUT2D eigenvalue weighted by Gasteiger charge is -2.37. The highest BCUT2D eigenvalue weighted by atomic mass is 16.5. The van der Waals surface area contributed by atoms with Crippen LogP contribution >= 0.6 is 0 Å². The maximum absolute atomic E-state index is 14.2. The van der Waals surface area contributed by atoms with E-state index in [0.717, 1.165) is 36.8 Å². The molecule has 0 aromatic heterocycles. The lowest BCUT2D eigenvalue weighted by atomic mass is 9.87. The number of nitrogens with zero attached hydrogens (tertiary/aromatic N) is 1. The standard InChI is InChI=1S/C42H46N2O6/c1-42(2,3)31-16-21-34(22-17-31)50-35-20-15-30-23-24-44(38(45)26-28-9-7-8-10-28)39(36(30)27-35)40(46)43-37(41(47)48)25-29-13-18-33(19-14-29)49-32-11-5-4-6-12-32/h4-6,11-22,27-28,37,39H,7-10,23-26H2,1-3H3,(H,43,46)(H,47,48)/t37-,39?/m0/s1. The van der Waals surface area contributed by atoms with Gasteiger partial charge in [-0.05, 0) is 101 Å². The predicted octanol–water partition coefficient (Wildman–Crippen LogP) is 8.39. The number of nitrogens with one attached hydrogen (secondary N) is 1. The van der Waals surface area contributed by atoms with E-state index >= 15 is 0 Å². The number of fused-ring (bicyclic) bond motifs is 1. The Morgan fingerprint density at radius 2 is 1.42 bits per heavy atom. The molecular formula is C42H46N2O6. The van der Waals surface area contributed by atoms with E-state index < -0.39 is 24.0 Å². The first-order chi connectivity index (χ1) is 24.0. The van der Waals surface area contributed by atoms with Crippen molar-refractivity contribution in [2.45, 2.75) is 83.2 Å². The van der Waals surface area contributed by atoms with Gasteiger partial charge in [0, 0.05) is 19.4 Å². The molecule has 2 amide bonds. The Morgan fingerprint density at radius 3 is 2.06 bits per heavy atom. The molecule has 1 fully saturated rings. The zero-order valence-electron chi connectivity index (χ0n) is 29.1. The second-order valence-electron chi connectivity index (χ2n) is 14.5. The van der Waals surface area contributed by atoms with Crippen molar-refractivity contribution in [1.29, 1.82) is 0 Å². The summed E-state index contributed by atoms with van der Waals surface area (Å²) < 4.78 is 12.1. The van der Waals surface area contributed by atoms with E-state index in [0.29, 0.717) is 53.9 Å². The van der Waals surface area contributed by atoms with Gasteiger partial charge in [-0.15, -0.1) is 0 Å². The van der Waals surface area contributed by atoms with Crippen molar-refractivity contribution in [3.63, 3.8) is 0 Å². The fourth-order valence-corrected chi connectivity index (χ4v) is 6.95. The van der Waals surface area contributed by atoms with Gasteiger partial charge in [0.05, 0.1) is 0 Å². The van der Waals surface area contributed by atoms with Crippen molar-refractivity contribution in [1.82, 2.24) is 10.2 Å². The Morgan fingerprint density at radius 1 is 0.820 bits per heavy atom. The molecule has 2 aliphatic rings. The smallest absolute Gasteiger partial charge is 0.326 e. The molecule has 4 aromatic rings. The highest BCUT2D eigenvalue weighted by Gasteiger charge is 2.38. The van der Waals surface area contributed by atoms with Gasteiger partial charge in [0.25, 0.3) is 0 Å². The number of amides is 2. The second-order valence-corrected chi connectivity index (χ2v) is 14.5. The van der Waals surface area contributed by atoms with E-state index in [9.17, 15) is 19.5 Å². The summed E-state index contributed by atoms with van der Waals surface area (Å²) in [6.07, 6.45) is 5.29. The number of carbonyl (C=O) groups is 3. The SMILES string of the molecule is CC(C)(C)c1ccc(Oc2ccc3c(c2)C(C(=O)N[C@@H](Cc2ccc(Oc4ccccc4)cc2)C(=O)O)N(C(=O)CC2CCCC2)CC3)cc1. The summed E-state index contributed by atoms with van der Waals surface area (Å²) >= 11 is 0. The molecule has 1 saturated carbocycles. The van der Waals surface area contributed by atoms with Gasteiger partial charge < -0.3 is 24.8 Å². The van der Waals surface area contributed by atoms with Crippen LogP contribution in [0.4, 0.5) is 0 Å². The lowest BCUT2D eigenvalue weighted by Crippen LogP contribution is -2.51. The monoisotopic (exact) mass is 674 g/mol. The molecule has 260 valence electrons. The van der Waals surface area contributed by atoms with Crippen molar-refractivity contribution >= 4 is 17.8 Å². The Bertz CT molecular complexity index is 1790. The van der Waals surface area contributed by atoms with Crippen molar-refractivity contribution in [2.75, 3.05) is 6.54 Å². The fourth-order valence-electron chi connectivity index (χ4n) is 6.95. The van der Waals surface area contributed by atoms with Crippen LogP contribution in [0.15, 0.2) is 97.1 Å². The van der Waals surface area contributed by atoms with Gasteiger partial charge in [0.15, 0.2) is 0 Å². The second kappa shape index (κ2) is 15.2. The number of carboxylic acid groups (broad SMARTS) is 1. The number of carbonyl (C=O) groups excluding carboxylic acids is 2. The van der Waals surface area contributed by atoms with Gasteiger partial charge in [-0.1, -0.05) is 82.1 Å². The third-order valence-corrected chi connectivity index (χ3v) is 9.77. The molecule has 0 spiro atoms. The first kappa shape index (κ1) is 34.7. The Hall–Kier alpha value is -5.11. The lowest BCUT2D eigenvalue weighted by molar-refractivity contribution is -0.145. The minimum Gasteiger partial charge on any atom is -0.480 e. The largest absolute Gasteiger partial charge is 0.480 e. The number of aliphatic carboxylic acids is 1. The highest BCUT2D eigenvalue weighted by Crippen LogP contribution is 2.37. The Balaban J connectivity index is 1.23. The van der Waals surface area contributed by atoms with Crippen LogP contribution in [-0.4, -0.2) is 40.4 Å². The number of para-hydroxylation sites is 1. The van der Waals surface area contributed by atoms with E-state index in [1.807, 2.05) is 72.8 Å². The van der Waals surface area contributed by atoms with Gasteiger partial charge in [0.2, 0.25) is 11.8 Å². The fraction of sp³-hybridized carbons (Fsp3) is 0.357. The van der Waals surface area contributed by atoms with Crippen LogP contribution in [0, 0.1) is 5.92 Å². The van der Waals surface area contributed by atoms with E-state index in [1.165, 1.54) is 5.56 Å². The first-order valence-corrected chi connectivity index (χ1v) is 17.6. The number of carboxylic acids is 1. The normalized spacial score (nSPS) is 16.7. The van der Waals surface area contributed by atoms with E-state index in [-0.39, 0.29) is 17.7 Å². The summed E-state index contributed by atoms with van der Waals surface area (Å²) in [6.45, 7) is 6.85. The van der Waals surface area contributed by atoms with Crippen LogP contribution < -0.4 is 14.8 Å². The van der Waals surface area contributed by atoms with Gasteiger partial charge in [-0.3, -0.25) is 9.59 Å². The van der Waals surface area contributed by atoms with Crippen LogP contribution in [0.2, 0.25) is 0 Å². The highest BCUT2D eigenvalue weighted by molar-refractivity contribution is 5.92. The van der Waals surface area contributed by atoms with Crippen molar-refractivity contribution < 1.29 is 29.0 Å². The number of benzene rings is 4. The van der Waals surface area contributed by atoms with Crippen LogP contribution in [0.1, 0.15) is 81.2 Å². The molecular weight excluding hydrogens is 628 g/mol. The third kappa shape index (κ3) is 8.54. The van der Waals surface area contributed by atoms with E-state index in [4.69, 9.17) is 9.47 Å². The molecule has 8 heteroatoms. The molecule has 1 aliphatic carbocycles. The number of rotatable bonds is 11. The topological polar surface area (TPSA) is 105 Å². The predicted molar refractivity (Wildman–Crippen MR) is 193 cm³/mol. The molecule has 1 aliphatic heterocycles. The molecule has 50 heavy (non-hydrogen) atoms. The zero-order chi connectivity index (χ0) is 35.3. The first-order valence-electron chi connectivity index (χ1n) is 17.6. The van der Waals surface area contributed by atoms with Gasteiger partial charge in [-0.2, -0.15) is 0 Å². The van der Waals surface area contributed by atoms with E-state index in [2.05, 4.69) is 26.1 Å². The maximum Gasteiger partial charge on any atom is 0.326 e. The van der Waals surface area contributed by atoms with Gasteiger partial charge in [-0.25, -0.2) is 4.79 Å². The third-order valence-electron chi connectivity index (χ3n) is 9.77. The number of hydrogen-bond acceptors (Lipinski definition) is 5. The number of ether oxygens (including phenoxy) is 2. The van der Waals surface area contributed by atoms with Gasteiger partial charge in [0.1, 0.15) is 35.1 Å². The molecule has 0 bridgehead atoms. The molecule has 6 rings (SSSR count). The molecule has 8 nitrogen and oxygen atoms in total. The van der Waals surface area contributed by atoms with Crippen LogP contribution in [0.5, 0.6) is 23.0 Å². The van der Waals surface area contributed by atoms with Crippen LogP contribution in [0.3, 0.4) is 0 Å². The van der Waals surface area contributed by atoms with Crippen molar-refractivity contribution in [2.24, 2.45) is 5.92 Å². The summed E-state index contributed by atoms with van der Waals surface area (Å²) in [5.41, 5.74) is 3.51. The summed E-state index contributed by atoms with van der Waals surface area (Å²) in [5.74, 6) is 1.08. The van der Waals surface area contributed by atoms with E-state index in [1.54, 1.807) is 29.2 Å². The molecule has 2 atom stereocenters. The van der Waals surface area contributed by atoms with Crippen LogP contribution in [-0.2, 0) is 32.6 Å². The zero-order valence-corrected chi connectivity index (χ0v) is 29.1. The minimum atomic E-state index is -1.21. The molecule has 1 unspecified atom stereocenters. The summed E-state index contributed by atoms with van der Waals surface area (Å²) in [5, 5.41) is 13.0. The quantitative estimate of drug-likeness (QED) is 0.166. The molecule has 4 aromatic carbocycles. The van der Waals surface area contributed by atoms with Gasteiger partial charge >= 0.3 is 5.97 Å².